The van der Waals surface area contributed by atoms with E-state index in [2.05, 4.69) is 25.6 Å². The summed E-state index contributed by atoms with van der Waals surface area (Å²) in [6, 6.07) is 0.287. The van der Waals surface area contributed by atoms with Gasteiger partial charge in [-0.2, -0.15) is 5.10 Å². The summed E-state index contributed by atoms with van der Waals surface area (Å²) < 4.78 is 7.31. The van der Waals surface area contributed by atoms with Gasteiger partial charge in [0, 0.05) is 38.5 Å². The summed E-state index contributed by atoms with van der Waals surface area (Å²) in [5.74, 6) is -0.0954. The highest BCUT2D eigenvalue weighted by atomic mass is 16.5. The molecule has 0 saturated carbocycles. The maximum Gasteiger partial charge on any atom is 0.254 e. The minimum absolute atomic E-state index is 0.0954. The zero-order chi connectivity index (χ0) is 19.2. The topological polar surface area (TPSA) is 84.3 Å². The number of aryl methyl sites for hydroxylation is 1. The van der Waals surface area contributed by atoms with Crippen LogP contribution in [0.2, 0.25) is 0 Å². The highest BCUT2D eigenvalue weighted by molar-refractivity contribution is 6.06. The second-order valence-corrected chi connectivity index (χ2v) is 7.19. The second-order valence-electron chi connectivity index (χ2n) is 7.19. The van der Waals surface area contributed by atoms with Crippen molar-refractivity contribution in [2.75, 3.05) is 45.7 Å². The van der Waals surface area contributed by atoms with Crippen LogP contribution >= 0.6 is 0 Å². The van der Waals surface area contributed by atoms with Crippen molar-refractivity contribution in [3.63, 3.8) is 0 Å². The zero-order valence-corrected chi connectivity index (χ0v) is 16.5. The average Bonchev–Trinajstić information content (AvgIpc) is 3.09. The molecular formula is C19H30N6O2. The van der Waals surface area contributed by atoms with E-state index >= 15 is 0 Å². The smallest absolute Gasteiger partial charge is 0.254 e. The number of aromatic nitrogens is 3. The molecular weight excluding hydrogens is 344 g/mol. The number of carbonyl (C=O) groups excluding carboxylic acids is 1. The number of hydrogen-bond acceptors (Lipinski definition) is 6. The van der Waals surface area contributed by atoms with Crippen molar-refractivity contribution in [1.29, 1.82) is 0 Å². The molecule has 1 aliphatic rings. The van der Waals surface area contributed by atoms with Crippen LogP contribution in [0, 0.1) is 0 Å². The maximum absolute atomic E-state index is 12.8. The minimum Gasteiger partial charge on any atom is -0.381 e. The summed E-state index contributed by atoms with van der Waals surface area (Å²) in [7, 11) is 4.06. The molecule has 2 N–H and O–H groups in total. The van der Waals surface area contributed by atoms with E-state index in [1.165, 1.54) is 0 Å². The molecule has 27 heavy (non-hydrogen) atoms. The molecule has 1 amide bonds. The monoisotopic (exact) mass is 374 g/mol. The summed E-state index contributed by atoms with van der Waals surface area (Å²) in [6.07, 6.45) is 6.23. The van der Waals surface area contributed by atoms with E-state index in [1.54, 1.807) is 12.4 Å². The first-order valence-corrected chi connectivity index (χ1v) is 9.72. The van der Waals surface area contributed by atoms with Crippen LogP contribution in [0.5, 0.6) is 0 Å². The van der Waals surface area contributed by atoms with Crippen LogP contribution in [0.3, 0.4) is 0 Å². The van der Waals surface area contributed by atoms with Gasteiger partial charge in [-0.05, 0) is 46.8 Å². The lowest BCUT2D eigenvalue weighted by atomic mass is 10.1. The van der Waals surface area contributed by atoms with Gasteiger partial charge in [-0.25, -0.2) is 9.67 Å². The fourth-order valence-corrected chi connectivity index (χ4v) is 3.32. The molecule has 1 aliphatic heterocycles. The number of ether oxygens (including phenoxy) is 1. The first kappa shape index (κ1) is 19.6. The number of fused-ring (bicyclic) bond motifs is 1. The molecule has 8 heteroatoms. The van der Waals surface area contributed by atoms with Gasteiger partial charge in [-0.1, -0.05) is 0 Å². The van der Waals surface area contributed by atoms with E-state index in [9.17, 15) is 4.79 Å². The Morgan fingerprint density at radius 2 is 2.11 bits per heavy atom. The van der Waals surface area contributed by atoms with Crippen molar-refractivity contribution in [2.24, 2.45) is 0 Å². The van der Waals surface area contributed by atoms with Crippen LogP contribution in [-0.4, -0.2) is 72.0 Å². The Morgan fingerprint density at radius 3 is 2.81 bits per heavy atom. The number of nitrogens with zero attached hydrogens (tertiary/aromatic N) is 4. The van der Waals surface area contributed by atoms with Gasteiger partial charge in [-0.3, -0.25) is 4.79 Å². The number of anilines is 1. The molecule has 3 rings (SSSR count). The number of pyridine rings is 1. The molecule has 2 aromatic rings. The average molecular weight is 374 g/mol. The minimum atomic E-state index is -0.0954. The fourth-order valence-electron chi connectivity index (χ4n) is 3.32. The molecule has 148 valence electrons. The van der Waals surface area contributed by atoms with E-state index in [4.69, 9.17) is 4.74 Å². The molecule has 8 nitrogen and oxygen atoms in total. The van der Waals surface area contributed by atoms with Gasteiger partial charge in [0.25, 0.3) is 5.91 Å². The molecule has 0 aromatic carbocycles. The fraction of sp³-hybridized carbons (Fsp3) is 0.632. The third-order valence-electron chi connectivity index (χ3n) is 4.85. The highest BCUT2D eigenvalue weighted by Crippen LogP contribution is 2.28. The van der Waals surface area contributed by atoms with Crippen LogP contribution in [0.4, 0.5) is 5.69 Å². The summed E-state index contributed by atoms with van der Waals surface area (Å²) in [5.41, 5.74) is 2.21. The molecule has 3 heterocycles. The third kappa shape index (κ3) is 4.75. The predicted molar refractivity (Wildman–Crippen MR) is 106 cm³/mol. The molecule has 0 spiro atoms. The van der Waals surface area contributed by atoms with Gasteiger partial charge in [-0.15, -0.1) is 0 Å². The number of nitrogens with one attached hydrogen (secondary N) is 2. The Hall–Kier alpha value is -2.19. The van der Waals surface area contributed by atoms with Gasteiger partial charge >= 0.3 is 0 Å². The van der Waals surface area contributed by atoms with Crippen molar-refractivity contribution in [2.45, 2.75) is 38.8 Å². The standard InChI is InChI=1S/C19H30N6O2/c1-4-25-18-15(13-22-25)17(23-14-6-10-27-11-7-14)16(12-21-18)19(26)20-8-5-9-24(2)3/h12-14H,4-11H2,1-3H3,(H,20,26)(H,21,23). The van der Waals surface area contributed by atoms with Crippen molar-refractivity contribution in [1.82, 2.24) is 25.0 Å². The van der Waals surface area contributed by atoms with Crippen LogP contribution in [0.25, 0.3) is 11.0 Å². The van der Waals surface area contributed by atoms with E-state index in [0.29, 0.717) is 12.1 Å². The Kier molecular flexibility index (Phi) is 6.63. The van der Waals surface area contributed by atoms with Crippen molar-refractivity contribution < 1.29 is 9.53 Å². The maximum atomic E-state index is 12.8. The molecule has 0 bridgehead atoms. The molecule has 1 saturated heterocycles. The van der Waals surface area contributed by atoms with Crippen molar-refractivity contribution in [3.05, 3.63) is 18.0 Å². The third-order valence-corrected chi connectivity index (χ3v) is 4.85. The largest absolute Gasteiger partial charge is 0.381 e. The van der Waals surface area contributed by atoms with Gasteiger partial charge < -0.3 is 20.3 Å². The van der Waals surface area contributed by atoms with Gasteiger partial charge in [0.2, 0.25) is 0 Å². The molecule has 0 aliphatic carbocycles. The predicted octanol–water partition coefficient (Wildman–Crippen LogP) is 1.72. The Balaban J connectivity index is 1.83. The molecule has 0 atom stereocenters. The van der Waals surface area contributed by atoms with Crippen LogP contribution in [0.15, 0.2) is 12.4 Å². The van der Waals surface area contributed by atoms with Crippen molar-refractivity contribution in [3.8, 4) is 0 Å². The Bertz CT molecular complexity index is 767. The van der Waals surface area contributed by atoms with E-state index in [0.717, 1.165) is 62.3 Å². The molecule has 0 unspecified atom stereocenters. The number of hydrogen-bond donors (Lipinski definition) is 2. The van der Waals surface area contributed by atoms with Crippen LogP contribution in [0.1, 0.15) is 36.5 Å². The quantitative estimate of drug-likeness (QED) is 0.685. The summed E-state index contributed by atoms with van der Waals surface area (Å²) in [4.78, 5) is 19.4. The lowest BCUT2D eigenvalue weighted by Gasteiger charge is -2.25. The SMILES string of the molecule is CCn1ncc2c(NC3CCOCC3)c(C(=O)NCCCN(C)C)cnc21. The van der Waals surface area contributed by atoms with Gasteiger partial charge in [0.15, 0.2) is 5.65 Å². The Morgan fingerprint density at radius 1 is 1.33 bits per heavy atom. The van der Waals surface area contributed by atoms with Crippen LogP contribution < -0.4 is 10.6 Å². The number of amides is 1. The first-order valence-electron chi connectivity index (χ1n) is 9.72. The van der Waals surface area contributed by atoms with Gasteiger partial charge in [0.05, 0.1) is 22.8 Å². The van der Waals surface area contributed by atoms with E-state index < -0.39 is 0 Å². The number of rotatable bonds is 8. The van der Waals surface area contributed by atoms with E-state index in [-0.39, 0.29) is 11.9 Å². The molecule has 0 radical (unpaired) electrons. The summed E-state index contributed by atoms with van der Waals surface area (Å²) >= 11 is 0. The first-order chi connectivity index (χ1) is 13.1. The van der Waals surface area contributed by atoms with Gasteiger partial charge in [0.1, 0.15) is 0 Å². The Labute approximate surface area is 160 Å². The summed E-state index contributed by atoms with van der Waals surface area (Å²) in [5, 5.41) is 11.9. The van der Waals surface area contributed by atoms with Crippen molar-refractivity contribution >= 4 is 22.6 Å². The highest BCUT2D eigenvalue weighted by Gasteiger charge is 2.21. The number of carbonyl (C=O) groups is 1. The molecule has 2 aromatic heterocycles. The van der Waals surface area contributed by atoms with E-state index in [1.807, 2.05) is 25.7 Å². The molecule has 1 fully saturated rings. The lowest BCUT2D eigenvalue weighted by Crippen LogP contribution is -2.31. The lowest BCUT2D eigenvalue weighted by molar-refractivity contribution is 0.0904. The second kappa shape index (κ2) is 9.14. The zero-order valence-electron chi connectivity index (χ0n) is 16.5. The van der Waals surface area contributed by atoms with Crippen LogP contribution in [-0.2, 0) is 11.3 Å². The summed E-state index contributed by atoms with van der Waals surface area (Å²) in [6.45, 7) is 5.83. The normalized spacial score (nSPS) is 15.4.